The smallest absolute Gasteiger partial charge is 0.257 e. The van der Waals surface area contributed by atoms with Crippen LogP contribution in [0.1, 0.15) is 35.8 Å². The SMILES string of the molecule is Cc1cn2cc(NC(=O)c3ccc(N4C[C@H](C)NC5(CC5)C4)c4nccnc34)cc(F)c2n1. The van der Waals surface area contributed by atoms with E-state index in [0.29, 0.717) is 34.0 Å². The third-order valence-corrected chi connectivity index (χ3v) is 6.47. The molecule has 0 radical (unpaired) electrons. The van der Waals surface area contributed by atoms with Crippen LogP contribution in [-0.2, 0) is 0 Å². The molecule has 1 saturated carbocycles. The van der Waals surface area contributed by atoms with Gasteiger partial charge >= 0.3 is 0 Å². The number of hydrogen-bond donors (Lipinski definition) is 2. The normalized spacial score (nSPS) is 19.4. The first-order chi connectivity index (χ1) is 15.9. The maximum absolute atomic E-state index is 14.5. The molecule has 2 fully saturated rings. The predicted octanol–water partition coefficient (Wildman–Crippen LogP) is 3.31. The van der Waals surface area contributed by atoms with E-state index in [1.54, 1.807) is 42.2 Å². The fraction of sp³-hybridized carbons (Fsp3) is 0.333. The molecule has 168 valence electrons. The van der Waals surface area contributed by atoms with Crippen LogP contribution in [0.4, 0.5) is 15.8 Å². The summed E-state index contributed by atoms with van der Waals surface area (Å²) < 4.78 is 16.0. The number of pyridine rings is 1. The molecular weight excluding hydrogens is 421 g/mol. The van der Waals surface area contributed by atoms with Crippen molar-refractivity contribution in [3.63, 3.8) is 0 Å². The molecule has 1 saturated heterocycles. The largest absolute Gasteiger partial charge is 0.366 e. The average molecular weight is 446 g/mol. The number of benzene rings is 1. The Bertz CT molecular complexity index is 1410. The van der Waals surface area contributed by atoms with Crippen LogP contribution in [0, 0.1) is 12.7 Å². The van der Waals surface area contributed by atoms with Gasteiger partial charge in [-0.25, -0.2) is 9.37 Å². The zero-order valence-corrected chi connectivity index (χ0v) is 18.5. The molecule has 6 rings (SSSR count). The van der Waals surface area contributed by atoms with Crippen LogP contribution in [-0.4, -0.2) is 49.9 Å². The topological polar surface area (TPSA) is 87.5 Å². The summed E-state index contributed by atoms with van der Waals surface area (Å²) in [6.07, 6.45) is 8.95. The molecule has 1 amide bonds. The van der Waals surface area contributed by atoms with Gasteiger partial charge in [-0.2, -0.15) is 0 Å². The summed E-state index contributed by atoms with van der Waals surface area (Å²) in [6, 6.07) is 5.37. The van der Waals surface area contributed by atoms with Crippen LogP contribution < -0.4 is 15.5 Å². The van der Waals surface area contributed by atoms with Crippen molar-refractivity contribution in [2.75, 3.05) is 23.3 Å². The summed E-state index contributed by atoms with van der Waals surface area (Å²) in [5, 5.41) is 6.51. The van der Waals surface area contributed by atoms with Gasteiger partial charge in [-0.15, -0.1) is 0 Å². The molecule has 9 heteroatoms. The van der Waals surface area contributed by atoms with Gasteiger partial charge in [0.25, 0.3) is 5.91 Å². The Kier molecular flexibility index (Phi) is 4.38. The van der Waals surface area contributed by atoms with Crippen molar-refractivity contribution < 1.29 is 9.18 Å². The van der Waals surface area contributed by atoms with Crippen molar-refractivity contribution in [2.45, 2.75) is 38.3 Å². The molecule has 1 atom stereocenters. The molecule has 0 unspecified atom stereocenters. The molecule has 3 aromatic heterocycles. The average Bonchev–Trinajstić information content (AvgIpc) is 3.39. The van der Waals surface area contributed by atoms with Crippen LogP contribution in [0.5, 0.6) is 0 Å². The van der Waals surface area contributed by atoms with Crippen LogP contribution in [0.3, 0.4) is 0 Å². The molecule has 1 aromatic carbocycles. The van der Waals surface area contributed by atoms with Crippen molar-refractivity contribution in [3.8, 4) is 0 Å². The molecule has 2 aliphatic rings. The minimum absolute atomic E-state index is 0.191. The summed E-state index contributed by atoms with van der Waals surface area (Å²) >= 11 is 0. The van der Waals surface area contributed by atoms with E-state index in [2.05, 4.69) is 37.4 Å². The van der Waals surface area contributed by atoms with E-state index in [0.717, 1.165) is 18.8 Å². The fourth-order valence-corrected chi connectivity index (χ4v) is 4.94. The number of fused-ring (bicyclic) bond motifs is 2. The lowest BCUT2D eigenvalue weighted by Crippen LogP contribution is -2.57. The maximum atomic E-state index is 14.5. The monoisotopic (exact) mass is 445 g/mol. The van der Waals surface area contributed by atoms with Crippen LogP contribution >= 0.6 is 0 Å². The second kappa shape index (κ2) is 7.21. The highest BCUT2D eigenvalue weighted by atomic mass is 19.1. The lowest BCUT2D eigenvalue weighted by Gasteiger charge is -2.39. The number of aryl methyl sites for hydroxylation is 1. The van der Waals surface area contributed by atoms with E-state index in [4.69, 9.17) is 0 Å². The third-order valence-electron chi connectivity index (χ3n) is 6.47. The molecule has 4 aromatic rings. The molecule has 0 bridgehead atoms. The van der Waals surface area contributed by atoms with E-state index in [1.165, 1.54) is 18.9 Å². The minimum atomic E-state index is -0.497. The van der Waals surface area contributed by atoms with Crippen molar-refractivity contribution in [1.29, 1.82) is 0 Å². The van der Waals surface area contributed by atoms with E-state index < -0.39 is 5.82 Å². The number of aromatic nitrogens is 4. The molecule has 8 nitrogen and oxygen atoms in total. The minimum Gasteiger partial charge on any atom is -0.366 e. The lowest BCUT2D eigenvalue weighted by molar-refractivity contribution is 0.102. The number of carbonyl (C=O) groups excluding carboxylic acids is 1. The van der Waals surface area contributed by atoms with E-state index in [-0.39, 0.29) is 17.1 Å². The number of anilines is 2. The van der Waals surface area contributed by atoms with Gasteiger partial charge in [-0.1, -0.05) is 0 Å². The summed E-state index contributed by atoms with van der Waals surface area (Å²) in [5.41, 5.74) is 4.07. The number of carbonyl (C=O) groups is 1. The van der Waals surface area contributed by atoms with Crippen molar-refractivity contribution >= 4 is 34.0 Å². The van der Waals surface area contributed by atoms with Gasteiger partial charge in [-0.3, -0.25) is 14.8 Å². The number of rotatable bonds is 3. The van der Waals surface area contributed by atoms with Gasteiger partial charge in [0.2, 0.25) is 0 Å². The number of halogens is 1. The quantitative estimate of drug-likeness (QED) is 0.503. The number of hydrogen-bond acceptors (Lipinski definition) is 6. The first-order valence-corrected chi connectivity index (χ1v) is 11.1. The summed E-state index contributed by atoms with van der Waals surface area (Å²) in [4.78, 5) is 28.7. The van der Waals surface area contributed by atoms with Gasteiger partial charge in [0, 0.05) is 55.5 Å². The Morgan fingerprint density at radius 1 is 1.21 bits per heavy atom. The molecule has 1 spiro atoms. The van der Waals surface area contributed by atoms with Crippen molar-refractivity contribution in [2.24, 2.45) is 0 Å². The standard InChI is InChI=1S/C24H24FN7O/c1-14-10-31-12-16(9-18(25)22(31)28-14)29-23(33)17-3-4-19(21-20(17)26-7-8-27-21)32-11-15(2)30-24(13-32)5-6-24/h3-4,7-10,12,15,30H,5-6,11,13H2,1-2H3,(H,29,33)/t15-/m0/s1. The van der Waals surface area contributed by atoms with Gasteiger partial charge in [0.05, 0.1) is 22.6 Å². The number of nitrogens with zero attached hydrogens (tertiary/aromatic N) is 5. The predicted molar refractivity (Wildman–Crippen MR) is 124 cm³/mol. The number of amides is 1. The molecule has 1 aliphatic heterocycles. The second-order valence-electron chi connectivity index (χ2n) is 9.24. The van der Waals surface area contributed by atoms with Gasteiger partial charge in [0.15, 0.2) is 11.5 Å². The first-order valence-electron chi connectivity index (χ1n) is 11.1. The van der Waals surface area contributed by atoms with E-state index in [9.17, 15) is 9.18 Å². The summed E-state index contributed by atoms with van der Waals surface area (Å²) in [5.74, 6) is -0.863. The number of nitrogens with one attached hydrogen (secondary N) is 2. The van der Waals surface area contributed by atoms with Gasteiger partial charge in [-0.05, 0) is 38.8 Å². The Labute approximate surface area is 189 Å². The molecule has 33 heavy (non-hydrogen) atoms. The molecule has 4 heterocycles. The van der Waals surface area contributed by atoms with Gasteiger partial charge in [0.1, 0.15) is 11.0 Å². The van der Waals surface area contributed by atoms with Crippen LogP contribution in [0.15, 0.2) is 43.0 Å². The molecule has 2 N–H and O–H groups in total. The van der Waals surface area contributed by atoms with Crippen molar-refractivity contribution in [3.05, 3.63) is 60.1 Å². The first kappa shape index (κ1) is 20.0. The van der Waals surface area contributed by atoms with Gasteiger partial charge < -0.3 is 19.9 Å². The zero-order valence-electron chi connectivity index (χ0n) is 18.5. The Balaban J connectivity index is 1.35. The second-order valence-corrected chi connectivity index (χ2v) is 9.24. The van der Waals surface area contributed by atoms with E-state index >= 15 is 0 Å². The maximum Gasteiger partial charge on any atom is 0.257 e. The Morgan fingerprint density at radius 3 is 2.79 bits per heavy atom. The number of imidazole rings is 1. The van der Waals surface area contributed by atoms with E-state index in [1.807, 2.05) is 6.07 Å². The van der Waals surface area contributed by atoms with Crippen molar-refractivity contribution in [1.82, 2.24) is 24.7 Å². The van der Waals surface area contributed by atoms with Crippen LogP contribution in [0.2, 0.25) is 0 Å². The summed E-state index contributed by atoms with van der Waals surface area (Å²) in [7, 11) is 0. The zero-order chi connectivity index (χ0) is 22.7. The fourth-order valence-electron chi connectivity index (χ4n) is 4.94. The molecule has 1 aliphatic carbocycles. The Hall–Kier alpha value is -3.59. The third kappa shape index (κ3) is 3.48. The Morgan fingerprint density at radius 2 is 2.00 bits per heavy atom. The lowest BCUT2D eigenvalue weighted by atomic mass is 10.1. The number of piperazine rings is 1. The highest BCUT2D eigenvalue weighted by Crippen LogP contribution is 2.41. The highest BCUT2D eigenvalue weighted by Gasteiger charge is 2.47. The van der Waals surface area contributed by atoms with Crippen LogP contribution in [0.25, 0.3) is 16.7 Å². The summed E-state index contributed by atoms with van der Waals surface area (Å²) in [6.45, 7) is 5.77. The highest BCUT2D eigenvalue weighted by molar-refractivity contribution is 6.13. The molecular formula is C24H24FN7O.